The molecule has 5 rings (SSSR count). The van der Waals surface area contributed by atoms with Gasteiger partial charge in [-0.3, -0.25) is 0 Å². The fraction of sp³-hybridized carbons (Fsp3) is 0.0741. The lowest BCUT2D eigenvalue weighted by Crippen LogP contribution is -2.24. The van der Waals surface area contributed by atoms with E-state index in [9.17, 15) is 4.79 Å². The molecule has 0 fully saturated rings. The van der Waals surface area contributed by atoms with Gasteiger partial charge in [0.1, 0.15) is 0 Å². The Kier molecular flexibility index (Phi) is 5.87. The number of fused-ring (bicyclic) bond motifs is 1. The molecule has 0 amide bonds. The number of hydrogen-bond donors (Lipinski definition) is 0. The minimum Gasteiger partial charge on any atom is -0.244 e. The molecule has 0 spiro atoms. The van der Waals surface area contributed by atoms with Gasteiger partial charge in [-0.2, -0.15) is 14.9 Å². The maximum atomic E-state index is 13.3. The van der Waals surface area contributed by atoms with Gasteiger partial charge in [-0.05, 0) is 34.0 Å². The maximum Gasteiger partial charge on any atom is 0.367 e. The first-order valence-corrected chi connectivity index (χ1v) is 11.0. The standard InChI is InChI=1S/C27H21ClN4O/c28-24-15-13-20(14-16-24)17-26-30-31(19-21-7-2-1-3-8-21)27(33)32(26)29-18-23-11-6-10-22-9-4-5-12-25(22)23/h1-16,18H,17,19H2. The summed E-state index contributed by atoms with van der Waals surface area (Å²) in [4.78, 5) is 13.3. The van der Waals surface area contributed by atoms with E-state index >= 15 is 0 Å². The Balaban J connectivity index is 1.55. The molecule has 5 aromatic rings. The van der Waals surface area contributed by atoms with Gasteiger partial charge in [0.25, 0.3) is 0 Å². The zero-order chi connectivity index (χ0) is 22.6. The molecule has 1 heterocycles. The van der Waals surface area contributed by atoms with Gasteiger partial charge in [0.15, 0.2) is 5.82 Å². The van der Waals surface area contributed by atoms with Crippen LogP contribution in [0.4, 0.5) is 0 Å². The molecular weight excluding hydrogens is 432 g/mol. The molecule has 1 aromatic heterocycles. The second-order valence-corrected chi connectivity index (χ2v) is 8.21. The van der Waals surface area contributed by atoms with Crippen LogP contribution in [0.25, 0.3) is 10.8 Å². The largest absolute Gasteiger partial charge is 0.367 e. The highest BCUT2D eigenvalue weighted by molar-refractivity contribution is 6.30. The molecule has 0 saturated heterocycles. The highest BCUT2D eigenvalue weighted by Crippen LogP contribution is 2.17. The smallest absolute Gasteiger partial charge is 0.244 e. The first kappa shape index (κ1) is 20.9. The summed E-state index contributed by atoms with van der Waals surface area (Å²) in [5.74, 6) is 0.565. The summed E-state index contributed by atoms with van der Waals surface area (Å²) in [5, 5.41) is 12.1. The van der Waals surface area contributed by atoms with Crippen LogP contribution in [0.3, 0.4) is 0 Å². The van der Waals surface area contributed by atoms with Gasteiger partial charge in [-0.1, -0.05) is 96.5 Å². The van der Waals surface area contributed by atoms with Crippen LogP contribution in [0, 0.1) is 0 Å². The monoisotopic (exact) mass is 452 g/mol. The van der Waals surface area contributed by atoms with Crippen LogP contribution in [0.5, 0.6) is 0 Å². The predicted octanol–water partition coefficient (Wildman–Crippen LogP) is 5.37. The molecule has 6 heteroatoms. The van der Waals surface area contributed by atoms with Gasteiger partial charge in [-0.25, -0.2) is 9.48 Å². The molecule has 0 unspecified atom stereocenters. The molecule has 0 aliphatic carbocycles. The zero-order valence-electron chi connectivity index (χ0n) is 17.8. The van der Waals surface area contributed by atoms with Crippen LogP contribution < -0.4 is 5.69 Å². The Bertz CT molecular complexity index is 1480. The number of benzene rings is 4. The Morgan fingerprint density at radius 2 is 1.55 bits per heavy atom. The first-order valence-electron chi connectivity index (χ1n) is 10.7. The number of hydrogen-bond acceptors (Lipinski definition) is 3. The van der Waals surface area contributed by atoms with Crippen molar-refractivity contribution in [2.45, 2.75) is 13.0 Å². The van der Waals surface area contributed by atoms with Gasteiger partial charge < -0.3 is 0 Å². The second-order valence-electron chi connectivity index (χ2n) is 7.77. The third kappa shape index (κ3) is 4.64. The first-order chi connectivity index (χ1) is 16.2. The van der Waals surface area contributed by atoms with Crippen molar-refractivity contribution in [2.75, 3.05) is 0 Å². The Morgan fingerprint density at radius 1 is 0.818 bits per heavy atom. The highest BCUT2D eigenvalue weighted by Gasteiger charge is 2.14. The van der Waals surface area contributed by atoms with E-state index < -0.39 is 0 Å². The second kappa shape index (κ2) is 9.27. The van der Waals surface area contributed by atoms with Crippen LogP contribution in [-0.4, -0.2) is 20.7 Å². The van der Waals surface area contributed by atoms with E-state index in [4.69, 9.17) is 11.6 Å². The molecule has 0 atom stereocenters. The van der Waals surface area contributed by atoms with E-state index in [1.807, 2.05) is 84.9 Å². The molecule has 0 N–H and O–H groups in total. The highest BCUT2D eigenvalue weighted by atomic mass is 35.5. The summed E-state index contributed by atoms with van der Waals surface area (Å²) in [6, 6.07) is 31.5. The topological polar surface area (TPSA) is 52.2 Å². The Hall–Kier alpha value is -3.96. The molecule has 0 saturated carbocycles. The van der Waals surface area contributed by atoms with Crippen molar-refractivity contribution in [3.63, 3.8) is 0 Å². The van der Waals surface area contributed by atoms with Crippen molar-refractivity contribution in [2.24, 2.45) is 5.10 Å². The summed E-state index contributed by atoms with van der Waals surface area (Å²) < 4.78 is 2.85. The van der Waals surface area contributed by atoms with Gasteiger partial charge >= 0.3 is 5.69 Å². The molecule has 0 bridgehead atoms. The molecule has 162 valence electrons. The van der Waals surface area contributed by atoms with Gasteiger partial charge in [-0.15, -0.1) is 0 Å². The van der Waals surface area contributed by atoms with E-state index in [1.54, 1.807) is 6.21 Å². The van der Waals surface area contributed by atoms with Crippen LogP contribution in [0.1, 0.15) is 22.5 Å². The van der Waals surface area contributed by atoms with E-state index in [2.05, 4.69) is 22.3 Å². The number of halogens is 1. The Labute approximate surface area is 196 Å². The van der Waals surface area contributed by atoms with Crippen LogP contribution in [-0.2, 0) is 13.0 Å². The van der Waals surface area contributed by atoms with Crippen molar-refractivity contribution in [1.82, 2.24) is 14.5 Å². The molecule has 0 aliphatic rings. The third-order valence-electron chi connectivity index (χ3n) is 5.47. The summed E-state index contributed by atoms with van der Waals surface area (Å²) in [5.41, 5.74) is 2.66. The van der Waals surface area contributed by atoms with Crippen LogP contribution in [0.15, 0.2) is 107 Å². The molecule has 0 radical (unpaired) electrons. The SMILES string of the molecule is O=c1n(Cc2ccccc2)nc(Cc2ccc(Cl)cc2)n1N=Cc1cccc2ccccc12. The third-order valence-corrected chi connectivity index (χ3v) is 5.72. The fourth-order valence-electron chi connectivity index (χ4n) is 3.80. The van der Waals surface area contributed by atoms with E-state index in [1.165, 1.54) is 9.36 Å². The van der Waals surface area contributed by atoms with E-state index in [-0.39, 0.29) is 5.69 Å². The number of rotatable bonds is 6. The lowest BCUT2D eigenvalue weighted by atomic mass is 10.1. The van der Waals surface area contributed by atoms with Gasteiger partial charge in [0.05, 0.1) is 12.8 Å². The quantitative estimate of drug-likeness (QED) is 0.325. The van der Waals surface area contributed by atoms with Crippen molar-refractivity contribution < 1.29 is 0 Å². The minimum absolute atomic E-state index is 0.278. The van der Waals surface area contributed by atoms with Crippen LogP contribution >= 0.6 is 11.6 Å². The fourth-order valence-corrected chi connectivity index (χ4v) is 3.92. The average Bonchev–Trinajstić information content (AvgIpc) is 3.13. The molecule has 33 heavy (non-hydrogen) atoms. The predicted molar refractivity (Wildman–Crippen MR) is 133 cm³/mol. The molecule has 5 nitrogen and oxygen atoms in total. The lowest BCUT2D eigenvalue weighted by molar-refractivity contribution is 0.643. The molecule has 4 aromatic carbocycles. The Morgan fingerprint density at radius 3 is 2.36 bits per heavy atom. The number of aromatic nitrogens is 3. The van der Waals surface area contributed by atoms with Crippen molar-refractivity contribution >= 4 is 28.6 Å². The summed E-state index contributed by atoms with van der Waals surface area (Å²) in [6.45, 7) is 0.379. The zero-order valence-corrected chi connectivity index (χ0v) is 18.6. The molecular formula is C27H21ClN4O. The lowest BCUT2D eigenvalue weighted by Gasteiger charge is -2.03. The van der Waals surface area contributed by atoms with Crippen molar-refractivity contribution in [1.29, 1.82) is 0 Å². The van der Waals surface area contributed by atoms with Gasteiger partial charge in [0.2, 0.25) is 0 Å². The van der Waals surface area contributed by atoms with Crippen molar-refractivity contribution in [3.05, 3.63) is 135 Å². The van der Waals surface area contributed by atoms with E-state index in [0.717, 1.165) is 27.5 Å². The average molecular weight is 453 g/mol. The van der Waals surface area contributed by atoms with Crippen molar-refractivity contribution in [3.8, 4) is 0 Å². The maximum absolute atomic E-state index is 13.3. The molecule has 0 aliphatic heterocycles. The summed E-state index contributed by atoms with van der Waals surface area (Å²) >= 11 is 6.03. The normalized spacial score (nSPS) is 11.4. The van der Waals surface area contributed by atoms with E-state index in [0.29, 0.717) is 23.8 Å². The summed E-state index contributed by atoms with van der Waals surface area (Å²) in [6.07, 6.45) is 2.19. The summed E-state index contributed by atoms with van der Waals surface area (Å²) in [7, 11) is 0. The minimum atomic E-state index is -0.278. The number of nitrogens with zero attached hydrogens (tertiary/aromatic N) is 4. The van der Waals surface area contributed by atoms with Gasteiger partial charge in [0, 0.05) is 17.0 Å². The van der Waals surface area contributed by atoms with Crippen LogP contribution in [0.2, 0.25) is 5.02 Å².